The van der Waals surface area contributed by atoms with Crippen LogP contribution in [0.2, 0.25) is 0 Å². The smallest absolute Gasteiger partial charge is 0.387 e. The minimum atomic E-state index is -2.94. The van der Waals surface area contributed by atoms with Gasteiger partial charge in [0.15, 0.2) is 11.5 Å². The monoisotopic (exact) mass is 398 g/mol. The molecule has 0 saturated carbocycles. The van der Waals surface area contributed by atoms with Gasteiger partial charge in [0.25, 0.3) is 0 Å². The lowest BCUT2D eigenvalue weighted by molar-refractivity contribution is -0.0512. The Bertz CT molecular complexity index is 901. The molecule has 144 valence electrons. The largest absolute Gasteiger partial charge is 0.493 e. The van der Waals surface area contributed by atoms with Crippen LogP contribution < -0.4 is 9.47 Å². The topological polar surface area (TPSA) is 101 Å². The predicted octanol–water partition coefficient (Wildman–Crippen LogP) is 3.21. The summed E-state index contributed by atoms with van der Waals surface area (Å²) in [5.74, 6) is 1.13. The summed E-state index contributed by atoms with van der Waals surface area (Å²) in [6, 6.07) is 4.53. The van der Waals surface area contributed by atoms with Gasteiger partial charge in [0, 0.05) is 5.56 Å². The zero-order chi connectivity index (χ0) is 19.4. The lowest BCUT2D eigenvalue weighted by atomic mass is 10.2. The van der Waals surface area contributed by atoms with Gasteiger partial charge >= 0.3 is 6.61 Å². The van der Waals surface area contributed by atoms with E-state index in [-0.39, 0.29) is 17.5 Å². The third-order valence-electron chi connectivity index (χ3n) is 3.38. The van der Waals surface area contributed by atoms with Crippen LogP contribution in [0.1, 0.15) is 25.8 Å². The molecule has 9 nitrogen and oxygen atoms in total. The first-order valence-corrected chi connectivity index (χ1v) is 8.83. The van der Waals surface area contributed by atoms with E-state index in [1.165, 1.54) is 31.0 Å². The first kappa shape index (κ1) is 19.0. The molecule has 2 aromatic heterocycles. The van der Waals surface area contributed by atoms with Crippen LogP contribution in [0.3, 0.4) is 0 Å². The maximum absolute atomic E-state index is 12.4. The minimum absolute atomic E-state index is 0.0731. The van der Waals surface area contributed by atoms with Crippen LogP contribution >= 0.6 is 11.8 Å². The van der Waals surface area contributed by atoms with Gasteiger partial charge in [0.05, 0.1) is 18.9 Å². The molecule has 1 aromatic carbocycles. The molecule has 27 heavy (non-hydrogen) atoms. The van der Waals surface area contributed by atoms with E-state index in [1.54, 1.807) is 10.7 Å². The Morgan fingerprint density at radius 3 is 2.78 bits per heavy atom. The Morgan fingerprint density at radius 1 is 1.26 bits per heavy atom. The van der Waals surface area contributed by atoms with Gasteiger partial charge < -0.3 is 14.0 Å². The molecule has 0 aliphatic rings. The number of alkyl halides is 2. The average Bonchev–Trinajstić information content (AvgIpc) is 3.29. The van der Waals surface area contributed by atoms with Crippen molar-refractivity contribution in [1.82, 2.24) is 30.3 Å². The van der Waals surface area contributed by atoms with E-state index in [9.17, 15) is 8.78 Å². The summed E-state index contributed by atoms with van der Waals surface area (Å²) >= 11 is 1.36. The Labute approximate surface area is 157 Å². The molecule has 0 N–H and O–H groups in total. The predicted molar refractivity (Wildman–Crippen MR) is 90.7 cm³/mol. The summed E-state index contributed by atoms with van der Waals surface area (Å²) in [6.07, 6.45) is 0. The molecule has 0 spiro atoms. The fourth-order valence-electron chi connectivity index (χ4n) is 2.16. The van der Waals surface area contributed by atoms with Gasteiger partial charge in [0.1, 0.15) is 0 Å². The zero-order valence-electron chi connectivity index (χ0n) is 14.7. The second kappa shape index (κ2) is 8.29. The first-order chi connectivity index (χ1) is 13.0. The van der Waals surface area contributed by atoms with E-state index in [0.717, 1.165) is 0 Å². The molecule has 0 fully saturated rings. The molecule has 0 aliphatic heterocycles. The Hall–Kier alpha value is -2.76. The van der Waals surface area contributed by atoms with Crippen molar-refractivity contribution in [1.29, 1.82) is 0 Å². The van der Waals surface area contributed by atoms with Gasteiger partial charge in [0.2, 0.25) is 16.9 Å². The molecule has 12 heteroatoms. The standard InChI is InChI=1S/C15H16F2N6O3S/c1-8(2)23-15(19-21-22-23)27-7-12-18-13(20-26-12)9-4-5-10(25-14(16)17)11(6-9)24-3/h4-6,8,14H,7H2,1-3H3. The average molecular weight is 398 g/mol. The van der Waals surface area contributed by atoms with Crippen LogP contribution in [0.25, 0.3) is 11.4 Å². The summed E-state index contributed by atoms with van der Waals surface area (Å²) in [7, 11) is 1.36. The lowest BCUT2D eigenvalue weighted by Gasteiger charge is -2.10. The number of nitrogens with zero attached hydrogens (tertiary/aromatic N) is 6. The van der Waals surface area contributed by atoms with Crippen molar-refractivity contribution >= 4 is 11.8 Å². The van der Waals surface area contributed by atoms with Crippen LogP contribution in [0.5, 0.6) is 11.5 Å². The van der Waals surface area contributed by atoms with Crippen molar-refractivity contribution in [3.8, 4) is 22.9 Å². The van der Waals surface area contributed by atoms with Crippen molar-refractivity contribution in [2.45, 2.75) is 37.4 Å². The lowest BCUT2D eigenvalue weighted by Crippen LogP contribution is -2.04. The van der Waals surface area contributed by atoms with Gasteiger partial charge in [-0.05, 0) is 42.5 Å². The van der Waals surface area contributed by atoms with Gasteiger partial charge in [-0.25, -0.2) is 4.68 Å². The fraction of sp³-hybridized carbons (Fsp3) is 0.400. The highest BCUT2D eigenvalue weighted by Gasteiger charge is 2.16. The Balaban J connectivity index is 1.72. The second-order valence-corrected chi connectivity index (χ2v) is 6.49. The second-order valence-electron chi connectivity index (χ2n) is 5.54. The molecule has 3 rings (SSSR count). The molecular weight excluding hydrogens is 382 g/mol. The van der Waals surface area contributed by atoms with E-state index in [2.05, 4.69) is 30.4 Å². The van der Waals surface area contributed by atoms with E-state index < -0.39 is 6.61 Å². The summed E-state index contributed by atoms with van der Waals surface area (Å²) in [5.41, 5.74) is 0.542. The maximum Gasteiger partial charge on any atom is 0.387 e. The number of thioether (sulfide) groups is 1. The van der Waals surface area contributed by atoms with Crippen LogP contribution in [0, 0.1) is 0 Å². The number of halogens is 2. The molecular formula is C15H16F2N6O3S. The third kappa shape index (κ3) is 4.51. The number of hydrogen-bond donors (Lipinski definition) is 0. The molecule has 0 atom stereocenters. The van der Waals surface area contributed by atoms with E-state index in [1.807, 2.05) is 13.8 Å². The Morgan fingerprint density at radius 2 is 2.07 bits per heavy atom. The SMILES string of the molecule is COc1cc(-c2noc(CSc3nnnn3C(C)C)n2)ccc1OC(F)F. The maximum atomic E-state index is 12.4. The van der Waals surface area contributed by atoms with Crippen molar-refractivity contribution < 1.29 is 22.8 Å². The number of hydrogen-bond acceptors (Lipinski definition) is 9. The number of tetrazole rings is 1. The minimum Gasteiger partial charge on any atom is -0.493 e. The highest BCUT2D eigenvalue weighted by molar-refractivity contribution is 7.98. The van der Waals surface area contributed by atoms with Crippen molar-refractivity contribution in [3.05, 3.63) is 24.1 Å². The van der Waals surface area contributed by atoms with Gasteiger partial charge in [-0.2, -0.15) is 13.8 Å². The summed E-state index contributed by atoms with van der Waals surface area (Å²) in [6.45, 7) is 1.00. The normalized spacial score (nSPS) is 11.4. The van der Waals surface area contributed by atoms with Gasteiger partial charge in [-0.3, -0.25) is 0 Å². The molecule has 0 bridgehead atoms. The molecule has 0 aliphatic carbocycles. The fourth-order valence-corrected chi connectivity index (χ4v) is 3.01. The molecule has 0 radical (unpaired) electrons. The summed E-state index contributed by atoms with van der Waals surface area (Å²) < 4.78 is 41.2. The number of methoxy groups -OCH3 is 1. The Kier molecular flexibility index (Phi) is 5.84. The van der Waals surface area contributed by atoms with E-state index >= 15 is 0 Å². The molecule has 0 amide bonds. The summed E-state index contributed by atoms with van der Waals surface area (Å²) in [5, 5.41) is 16.1. The van der Waals surface area contributed by atoms with Gasteiger partial charge in [-0.1, -0.05) is 16.9 Å². The van der Waals surface area contributed by atoms with E-state index in [0.29, 0.717) is 28.2 Å². The van der Waals surface area contributed by atoms with Crippen LogP contribution in [-0.4, -0.2) is 44.1 Å². The summed E-state index contributed by atoms with van der Waals surface area (Å²) in [4.78, 5) is 4.30. The van der Waals surface area contributed by atoms with Crippen molar-refractivity contribution in [2.24, 2.45) is 0 Å². The van der Waals surface area contributed by atoms with Crippen molar-refractivity contribution in [3.63, 3.8) is 0 Å². The van der Waals surface area contributed by atoms with E-state index in [4.69, 9.17) is 9.26 Å². The molecule has 0 saturated heterocycles. The molecule has 3 aromatic rings. The zero-order valence-corrected chi connectivity index (χ0v) is 15.5. The molecule has 2 heterocycles. The van der Waals surface area contributed by atoms with Gasteiger partial charge in [-0.15, -0.1) is 5.10 Å². The third-order valence-corrected chi connectivity index (χ3v) is 4.30. The highest BCUT2D eigenvalue weighted by Crippen LogP contribution is 2.33. The number of ether oxygens (including phenoxy) is 2. The van der Waals surface area contributed by atoms with Crippen LogP contribution in [0.4, 0.5) is 8.78 Å². The number of aromatic nitrogens is 6. The number of benzene rings is 1. The van der Waals surface area contributed by atoms with Crippen LogP contribution in [-0.2, 0) is 5.75 Å². The van der Waals surface area contributed by atoms with Crippen LogP contribution in [0.15, 0.2) is 27.9 Å². The highest BCUT2D eigenvalue weighted by atomic mass is 32.2. The van der Waals surface area contributed by atoms with Crippen molar-refractivity contribution in [2.75, 3.05) is 7.11 Å². The quantitative estimate of drug-likeness (QED) is 0.529. The molecule has 0 unspecified atom stereocenters. The first-order valence-electron chi connectivity index (χ1n) is 7.84. The number of rotatable bonds is 8.